The Labute approximate surface area is 375 Å². The molecule has 2 aliphatic carbocycles. The van der Waals surface area contributed by atoms with Gasteiger partial charge in [-0.15, -0.1) is 0 Å². The Balaban J connectivity index is 0.000000162. The molecule has 2 spiro atoms. The summed E-state index contributed by atoms with van der Waals surface area (Å²) in [5, 5.41) is 6.59. The van der Waals surface area contributed by atoms with E-state index in [9.17, 15) is 9.59 Å². The Morgan fingerprint density at radius 3 is 1.28 bits per heavy atom. The standard InChI is InChI=1S/2C25H28N6O/c1-30(2)25(20-8-4-3-5-9-20)12-10-24(11-13-25)18-31(23(32)29-24)21-16-27-22(28-17-21)19-7-6-14-26-15-19;1-30(2)25(20-6-4-3-5-7-20)12-10-24(11-13-25)18-31(23(32)29-24)21-16-27-22(28-17-21)19-8-14-26-15-9-19/h2*3-9,14-17H,10-13,18H2,1-2H3,(H,29,32). The number of pyridine rings is 2. The number of amides is 4. The molecule has 6 aromatic rings. The van der Waals surface area contributed by atoms with Crippen LogP contribution in [0.3, 0.4) is 0 Å². The highest BCUT2D eigenvalue weighted by Gasteiger charge is 2.52. The Morgan fingerprint density at radius 1 is 0.469 bits per heavy atom. The molecule has 2 saturated heterocycles. The van der Waals surface area contributed by atoms with Crippen molar-refractivity contribution in [1.82, 2.24) is 50.3 Å². The molecule has 4 aliphatic rings. The van der Waals surface area contributed by atoms with Gasteiger partial charge in [0.05, 0.1) is 60.3 Å². The Bertz CT molecular complexity index is 2330. The largest absolute Gasteiger partial charge is 0.330 e. The van der Waals surface area contributed by atoms with E-state index in [1.54, 1.807) is 59.4 Å². The van der Waals surface area contributed by atoms with Gasteiger partial charge in [0, 0.05) is 47.0 Å². The zero-order chi connectivity index (χ0) is 44.4. The van der Waals surface area contributed by atoms with Gasteiger partial charge in [-0.3, -0.25) is 29.6 Å². The number of carbonyl (C=O) groups is 2. The van der Waals surface area contributed by atoms with E-state index >= 15 is 0 Å². The van der Waals surface area contributed by atoms with Crippen molar-refractivity contribution in [3.63, 3.8) is 0 Å². The highest BCUT2D eigenvalue weighted by atomic mass is 16.2. The minimum Gasteiger partial charge on any atom is -0.330 e. The molecule has 328 valence electrons. The van der Waals surface area contributed by atoms with E-state index in [1.165, 1.54) is 11.1 Å². The summed E-state index contributed by atoms with van der Waals surface area (Å²) in [5.41, 5.74) is 5.48. The first-order chi connectivity index (χ1) is 31.0. The first kappa shape index (κ1) is 42.7. The maximum absolute atomic E-state index is 12.9. The molecule has 0 radical (unpaired) electrons. The Hall–Kier alpha value is -6.64. The number of anilines is 2. The highest BCUT2D eigenvalue weighted by molar-refractivity contribution is 5.95. The van der Waals surface area contributed by atoms with Crippen LogP contribution in [0.15, 0.2) is 135 Å². The molecule has 4 aromatic heterocycles. The van der Waals surface area contributed by atoms with E-state index in [4.69, 9.17) is 0 Å². The zero-order valence-electron chi connectivity index (χ0n) is 37.1. The van der Waals surface area contributed by atoms with Crippen molar-refractivity contribution in [2.75, 3.05) is 51.1 Å². The summed E-state index contributed by atoms with van der Waals surface area (Å²) in [4.78, 5) is 60.1. The molecule has 4 fully saturated rings. The summed E-state index contributed by atoms with van der Waals surface area (Å²) in [6, 6.07) is 28.8. The second-order valence-electron chi connectivity index (χ2n) is 18.2. The SMILES string of the molecule is CN(C)C1(c2ccccc2)CCC2(CC1)CN(c1cnc(-c3cccnc3)nc1)C(=O)N2.CN(C)C1(c2ccccc2)CCC2(CC1)CN(c1cnc(-c3ccncc3)nc1)C(=O)N2. The van der Waals surface area contributed by atoms with Crippen LogP contribution in [0.4, 0.5) is 21.0 Å². The molecule has 4 amide bonds. The molecule has 0 bridgehead atoms. The van der Waals surface area contributed by atoms with Gasteiger partial charge in [-0.05, 0) is 115 Å². The van der Waals surface area contributed by atoms with Crippen LogP contribution in [0.2, 0.25) is 0 Å². The lowest BCUT2D eigenvalue weighted by molar-refractivity contribution is 0.0657. The minimum absolute atomic E-state index is 0.0000419. The average Bonchev–Trinajstić information content (AvgIpc) is 3.85. The third kappa shape index (κ3) is 8.19. The third-order valence-corrected chi connectivity index (χ3v) is 14.3. The van der Waals surface area contributed by atoms with Crippen molar-refractivity contribution < 1.29 is 9.59 Å². The fourth-order valence-corrected chi connectivity index (χ4v) is 10.4. The minimum atomic E-state index is -0.215. The zero-order valence-corrected chi connectivity index (χ0v) is 37.1. The number of nitrogens with one attached hydrogen (secondary N) is 2. The summed E-state index contributed by atoms with van der Waals surface area (Å²) in [5.74, 6) is 1.23. The van der Waals surface area contributed by atoms with E-state index in [2.05, 4.69) is 139 Å². The average molecular weight is 857 g/mol. The maximum atomic E-state index is 12.9. The number of aromatic nitrogens is 6. The molecule has 10 rings (SSSR count). The fourth-order valence-electron chi connectivity index (χ4n) is 10.4. The molecule has 64 heavy (non-hydrogen) atoms. The molecule has 14 nitrogen and oxygen atoms in total. The molecular formula is C50H56N12O2. The number of urea groups is 2. The number of benzene rings is 2. The second-order valence-corrected chi connectivity index (χ2v) is 18.2. The van der Waals surface area contributed by atoms with Crippen LogP contribution in [0.1, 0.15) is 62.5 Å². The lowest BCUT2D eigenvalue weighted by Gasteiger charge is -2.48. The second kappa shape index (κ2) is 17.5. The van der Waals surface area contributed by atoms with Crippen molar-refractivity contribution in [2.24, 2.45) is 0 Å². The van der Waals surface area contributed by atoms with Gasteiger partial charge >= 0.3 is 12.1 Å². The molecule has 2 aliphatic heterocycles. The third-order valence-electron chi connectivity index (χ3n) is 14.3. The highest BCUT2D eigenvalue weighted by Crippen LogP contribution is 2.48. The number of hydrogen-bond acceptors (Lipinski definition) is 10. The Morgan fingerprint density at radius 2 is 0.891 bits per heavy atom. The van der Waals surface area contributed by atoms with Gasteiger partial charge in [-0.25, -0.2) is 29.5 Å². The van der Waals surface area contributed by atoms with Gasteiger partial charge in [0.15, 0.2) is 11.6 Å². The van der Waals surface area contributed by atoms with Crippen LogP contribution in [-0.2, 0) is 11.1 Å². The lowest BCUT2D eigenvalue weighted by atomic mass is 9.69. The van der Waals surface area contributed by atoms with Gasteiger partial charge < -0.3 is 10.6 Å². The van der Waals surface area contributed by atoms with Crippen molar-refractivity contribution in [3.8, 4) is 22.8 Å². The summed E-state index contributed by atoms with van der Waals surface area (Å²) < 4.78 is 0. The topological polar surface area (TPSA) is 148 Å². The smallest absolute Gasteiger partial charge is 0.322 e. The summed E-state index contributed by atoms with van der Waals surface area (Å²) >= 11 is 0. The van der Waals surface area contributed by atoms with Crippen LogP contribution in [0.25, 0.3) is 22.8 Å². The fraction of sp³-hybridized carbons (Fsp3) is 0.360. The van der Waals surface area contributed by atoms with E-state index in [-0.39, 0.29) is 34.2 Å². The number of hydrogen-bond donors (Lipinski definition) is 2. The van der Waals surface area contributed by atoms with Crippen molar-refractivity contribution >= 4 is 23.4 Å². The van der Waals surface area contributed by atoms with Crippen LogP contribution >= 0.6 is 0 Å². The number of nitrogens with zero attached hydrogens (tertiary/aromatic N) is 10. The molecule has 2 N–H and O–H groups in total. The van der Waals surface area contributed by atoms with E-state index in [0.717, 1.165) is 73.9 Å². The monoisotopic (exact) mass is 856 g/mol. The van der Waals surface area contributed by atoms with Crippen LogP contribution in [-0.4, -0.2) is 104 Å². The van der Waals surface area contributed by atoms with Gasteiger partial charge in [-0.1, -0.05) is 60.7 Å². The maximum Gasteiger partial charge on any atom is 0.322 e. The molecule has 14 heteroatoms. The first-order valence-corrected chi connectivity index (χ1v) is 22.1. The molecule has 2 aromatic carbocycles. The molecule has 0 unspecified atom stereocenters. The van der Waals surface area contributed by atoms with Crippen LogP contribution < -0.4 is 20.4 Å². The van der Waals surface area contributed by atoms with Crippen molar-refractivity contribution in [2.45, 2.75) is 73.5 Å². The lowest BCUT2D eigenvalue weighted by Crippen LogP contribution is -2.54. The van der Waals surface area contributed by atoms with Gasteiger partial charge in [0.1, 0.15) is 0 Å². The molecule has 0 atom stereocenters. The molecule has 2 saturated carbocycles. The summed E-state index contributed by atoms with van der Waals surface area (Å²) in [6.45, 7) is 1.28. The molecular weight excluding hydrogens is 801 g/mol. The number of rotatable bonds is 8. The van der Waals surface area contributed by atoms with E-state index in [0.29, 0.717) is 24.7 Å². The number of carbonyl (C=O) groups excluding carboxylic acids is 2. The predicted molar refractivity (Wildman–Crippen MR) is 248 cm³/mol. The summed E-state index contributed by atoms with van der Waals surface area (Å²) in [7, 11) is 8.63. The van der Waals surface area contributed by atoms with E-state index < -0.39 is 0 Å². The van der Waals surface area contributed by atoms with Gasteiger partial charge in [0.2, 0.25) is 0 Å². The van der Waals surface area contributed by atoms with Crippen molar-refractivity contribution in [1.29, 1.82) is 0 Å². The quantitative estimate of drug-likeness (QED) is 0.156. The van der Waals surface area contributed by atoms with Gasteiger partial charge in [-0.2, -0.15) is 0 Å². The van der Waals surface area contributed by atoms with Crippen LogP contribution in [0, 0.1) is 0 Å². The normalized spacial score (nSPS) is 25.3. The van der Waals surface area contributed by atoms with E-state index in [1.807, 2.05) is 24.3 Å². The Kier molecular flexibility index (Phi) is 11.7. The predicted octanol–water partition coefficient (Wildman–Crippen LogP) is 7.68. The first-order valence-electron chi connectivity index (χ1n) is 22.1. The van der Waals surface area contributed by atoms with Gasteiger partial charge in [0.25, 0.3) is 0 Å². The molecule has 6 heterocycles. The van der Waals surface area contributed by atoms with Crippen molar-refractivity contribution in [3.05, 3.63) is 146 Å². The summed E-state index contributed by atoms with van der Waals surface area (Å²) in [6.07, 6.45) is 21.5. The van der Waals surface area contributed by atoms with Crippen LogP contribution in [0.5, 0.6) is 0 Å².